The topological polar surface area (TPSA) is 38.9 Å². The van der Waals surface area contributed by atoms with Crippen molar-refractivity contribution in [2.45, 2.75) is 12.5 Å². The molecule has 13 heavy (non-hydrogen) atoms. The van der Waals surface area contributed by atoms with Gasteiger partial charge in [-0.05, 0) is 28.8 Å². The van der Waals surface area contributed by atoms with Crippen molar-refractivity contribution in [3.05, 3.63) is 39.0 Å². The molecule has 1 unspecified atom stereocenters. The molecule has 0 aliphatic rings. The van der Waals surface area contributed by atoms with Crippen LogP contribution in [0.2, 0.25) is 0 Å². The summed E-state index contributed by atoms with van der Waals surface area (Å²) in [4.78, 5) is 5.17. The summed E-state index contributed by atoms with van der Waals surface area (Å²) in [7, 11) is 0. The van der Waals surface area contributed by atoms with Gasteiger partial charge >= 0.3 is 0 Å². The molecule has 4 heteroatoms. The molecule has 2 aromatic rings. The van der Waals surface area contributed by atoms with Crippen LogP contribution in [0.1, 0.15) is 16.5 Å². The van der Waals surface area contributed by atoms with Crippen molar-refractivity contribution in [3.8, 4) is 0 Å². The molecule has 2 nitrogen and oxygen atoms in total. The van der Waals surface area contributed by atoms with Crippen molar-refractivity contribution in [1.29, 1.82) is 0 Å². The van der Waals surface area contributed by atoms with E-state index in [4.69, 9.17) is 5.73 Å². The first-order valence-corrected chi connectivity index (χ1v) is 5.83. The SMILES string of the molecule is NC(Cc1ccsc1)c1cncs1. The van der Waals surface area contributed by atoms with E-state index in [9.17, 15) is 0 Å². The first-order chi connectivity index (χ1) is 6.36. The van der Waals surface area contributed by atoms with E-state index in [1.165, 1.54) is 5.56 Å². The average molecular weight is 210 g/mol. The molecule has 2 aromatic heterocycles. The fraction of sp³-hybridized carbons (Fsp3) is 0.222. The Kier molecular flexibility index (Phi) is 2.73. The normalized spacial score (nSPS) is 13.0. The molecule has 0 aromatic carbocycles. The minimum Gasteiger partial charge on any atom is -0.323 e. The van der Waals surface area contributed by atoms with E-state index in [1.807, 2.05) is 11.7 Å². The number of thiophene rings is 1. The zero-order chi connectivity index (χ0) is 9.10. The molecule has 2 heterocycles. The number of aromatic nitrogens is 1. The highest BCUT2D eigenvalue weighted by Gasteiger charge is 2.08. The molecule has 2 rings (SSSR count). The van der Waals surface area contributed by atoms with Crippen LogP contribution in [0.3, 0.4) is 0 Å². The van der Waals surface area contributed by atoms with Gasteiger partial charge in [0.25, 0.3) is 0 Å². The van der Waals surface area contributed by atoms with E-state index in [2.05, 4.69) is 21.8 Å². The van der Waals surface area contributed by atoms with Crippen LogP contribution in [-0.2, 0) is 6.42 Å². The van der Waals surface area contributed by atoms with E-state index in [1.54, 1.807) is 22.7 Å². The maximum atomic E-state index is 6.01. The van der Waals surface area contributed by atoms with Gasteiger partial charge in [0, 0.05) is 17.1 Å². The van der Waals surface area contributed by atoms with Gasteiger partial charge in [-0.3, -0.25) is 4.98 Å². The lowest BCUT2D eigenvalue weighted by Crippen LogP contribution is -2.11. The quantitative estimate of drug-likeness (QED) is 0.845. The van der Waals surface area contributed by atoms with Crippen LogP contribution in [0.15, 0.2) is 28.5 Å². The van der Waals surface area contributed by atoms with Crippen LogP contribution < -0.4 is 5.73 Å². The Morgan fingerprint density at radius 2 is 2.46 bits per heavy atom. The van der Waals surface area contributed by atoms with Crippen molar-refractivity contribution >= 4 is 22.7 Å². The smallest absolute Gasteiger partial charge is 0.0794 e. The van der Waals surface area contributed by atoms with Crippen molar-refractivity contribution < 1.29 is 0 Å². The highest BCUT2D eigenvalue weighted by molar-refractivity contribution is 7.09. The van der Waals surface area contributed by atoms with Crippen LogP contribution in [-0.4, -0.2) is 4.98 Å². The highest BCUT2D eigenvalue weighted by atomic mass is 32.1. The summed E-state index contributed by atoms with van der Waals surface area (Å²) >= 11 is 3.33. The Morgan fingerprint density at radius 3 is 3.08 bits per heavy atom. The third kappa shape index (κ3) is 2.15. The van der Waals surface area contributed by atoms with Gasteiger partial charge in [-0.1, -0.05) is 0 Å². The molecule has 1 atom stereocenters. The second kappa shape index (κ2) is 4.00. The molecule has 0 saturated heterocycles. The lowest BCUT2D eigenvalue weighted by atomic mass is 10.1. The van der Waals surface area contributed by atoms with E-state index in [0.29, 0.717) is 0 Å². The van der Waals surface area contributed by atoms with Crippen LogP contribution in [0, 0.1) is 0 Å². The lowest BCUT2D eigenvalue weighted by molar-refractivity contribution is 0.736. The zero-order valence-electron chi connectivity index (χ0n) is 7.01. The Labute approximate surface area is 85.1 Å². The van der Waals surface area contributed by atoms with Gasteiger partial charge in [-0.2, -0.15) is 11.3 Å². The molecule has 2 N–H and O–H groups in total. The number of thiazole rings is 1. The Hall–Kier alpha value is -0.710. The Balaban J connectivity index is 2.04. The van der Waals surface area contributed by atoms with Gasteiger partial charge < -0.3 is 5.73 Å². The van der Waals surface area contributed by atoms with Crippen LogP contribution >= 0.6 is 22.7 Å². The summed E-state index contributed by atoms with van der Waals surface area (Å²) in [6.07, 6.45) is 2.76. The molecular formula is C9H10N2S2. The first kappa shape index (κ1) is 8.87. The third-order valence-corrected chi connectivity index (χ3v) is 3.49. The molecule has 0 radical (unpaired) electrons. The molecule has 0 aliphatic heterocycles. The first-order valence-electron chi connectivity index (χ1n) is 4.01. The second-order valence-corrected chi connectivity index (χ2v) is 4.54. The summed E-state index contributed by atoms with van der Waals surface area (Å²) in [5.74, 6) is 0. The van der Waals surface area contributed by atoms with Gasteiger partial charge in [-0.25, -0.2) is 0 Å². The monoisotopic (exact) mass is 210 g/mol. The van der Waals surface area contributed by atoms with E-state index in [-0.39, 0.29) is 6.04 Å². The number of nitrogens with zero attached hydrogens (tertiary/aromatic N) is 1. The Bertz CT molecular complexity index is 340. The fourth-order valence-corrected chi connectivity index (χ4v) is 2.48. The van der Waals surface area contributed by atoms with Gasteiger partial charge in [0.15, 0.2) is 0 Å². The molecule has 0 aliphatic carbocycles. The number of rotatable bonds is 3. The third-order valence-electron chi connectivity index (χ3n) is 1.85. The summed E-state index contributed by atoms with van der Waals surface area (Å²) in [5.41, 5.74) is 9.14. The minimum atomic E-state index is 0.0992. The van der Waals surface area contributed by atoms with Gasteiger partial charge in [0.2, 0.25) is 0 Å². The number of hydrogen-bond acceptors (Lipinski definition) is 4. The maximum absolute atomic E-state index is 6.01. The Morgan fingerprint density at radius 1 is 1.54 bits per heavy atom. The van der Waals surface area contributed by atoms with Crippen LogP contribution in [0.5, 0.6) is 0 Å². The minimum absolute atomic E-state index is 0.0992. The van der Waals surface area contributed by atoms with Crippen molar-refractivity contribution in [1.82, 2.24) is 4.98 Å². The van der Waals surface area contributed by atoms with Crippen molar-refractivity contribution in [2.24, 2.45) is 5.73 Å². The average Bonchev–Trinajstić information content (AvgIpc) is 2.74. The molecule has 0 fully saturated rings. The largest absolute Gasteiger partial charge is 0.323 e. The second-order valence-electron chi connectivity index (χ2n) is 2.85. The van der Waals surface area contributed by atoms with E-state index < -0.39 is 0 Å². The molecule has 0 saturated carbocycles. The van der Waals surface area contributed by atoms with Crippen molar-refractivity contribution in [3.63, 3.8) is 0 Å². The highest BCUT2D eigenvalue weighted by Crippen LogP contribution is 2.20. The molecule has 0 spiro atoms. The lowest BCUT2D eigenvalue weighted by Gasteiger charge is -2.06. The summed E-state index contributed by atoms with van der Waals surface area (Å²) in [6, 6.07) is 2.22. The van der Waals surface area contributed by atoms with E-state index >= 15 is 0 Å². The van der Waals surface area contributed by atoms with Gasteiger partial charge in [0.05, 0.1) is 5.51 Å². The summed E-state index contributed by atoms with van der Waals surface area (Å²) in [6.45, 7) is 0. The van der Waals surface area contributed by atoms with Gasteiger partial charge in [-0.15, -0.1) is 11.3 Å². The number of nitrogens with two attached hydrogens (primary N) is 1. The summed E-state index contributed by atoms with van der Waals surface area (Å²) < 4.78 is 0. The zero-order valence-corrected chi connectivity index (χ0v) is 8.65. The van der Waals surface area contributed by atoms with Gasteiger partial charge in [0.1, 0.15) is 0 Å². The predicted octanol–water partition coefficient (Wildman–Crippen LogP) is 2.45. The van der Waals surface area contributed by atoms with Crippen molar-refractivity contribution in [2.75, 3.05) is 0 Å². The predicted molar refractivity (Wildman–Crippen MR) is 57.1 cm³/mol. The van der Waals surface area contributed by atoms with Crippen LogP contribution in [0.25, 0.3) is 0 Å². The molecule has 0 amide bonds. The van der Waals surface area contributed by atoms with Crippen LogP contribution in [0.4, 0.5) is 0 Å². The fourth-order valence-electron chi connectivity index (χ4n) is 1.17. The van der Waals surface area contributed by atoms with E-state index in [0.717, 1.165) is 11.3 Å². The molecule has 68 valence electrons. The molecular weight excluding hydrogens is 200 g/mol. The maximum Gasteiger partial charge on any atom is 0.0794 e. The summed E-state index contributed by atoms with van der Waals surface area (Å²) in [5, 5.41) is 4.22. The standard InChI is InChI=1S/C9H10N2S2/c10-8(9-4-11-6-13-9)3-7-1-2-12-5-7/h1-2,4-6,8H,3,10H2. The number of hydrogen-bond donors (Lipinski definition) is 1. The molecule has 0 bridgehead atoms.